The zero-order valence-corrected chi connectivity index (χ0v) is 8.72. The monoisotopic (exact) mass is 181 g/mol. The molecule has 0 saturated carbocycles. The van der Waals surface area contributed by atoms with Crippen molar-refractivity contribution in [2.45, 2.75) is 58.3 Å². The average Bonchev–Trinajstić information content (AvgIpc) is 2.16. The Morgan fingerprint density at radius 3 is 2.38 bits per heavy atom. The lowest BCUT2D eigenvalue weighted by atomic mass is 10.1. The third-order valence-electron chi connectivity index (χ3n) is 2.05. The van der Waals surface area contributed by atoms with E-state index in [4.69, 9.17) is 0 Å². The van der Waals surface area contributed by atoms with Crippen molar-refractivity contribution in [3.05, 3.63) is 12.2 Å². The lowest BCUT2D eigenvalue weighted by Gasteiger charge is -1.96. The maximum Gasteiger partial charge on any atom is 0.198 e. The molecule has 0 atom stereocenters. The molecule has 13 heavy (non-hydrogen) atoms. The summed E-state index contributed by atoms with van der Waals surface area (Å²) in [6.07, 6.45) is 15.5. The van der Waals surface area contributed by atoms with E-state index < -0.39 is 0 Å². The molecule has 1 radical (unpaired) electrons. The summed E-state index contributed by atoms with van der Waals surface area (Å²) in [4.78, 5) is 9.88. The van der Waals surface area contributed by atoms with E-state index in [0.29, 0.717) is 6.42 Å². The number of hydrogen-bond acceptors (Lipinski definition) is 1. The Labute approximate surface area is 82.2 Å². The first-order valence-corrected chi connectivity index (χ1v) is 5.41. The predicted molar refractivity (Wildman–Crippen MR) is 57.4 cm³/mol. The first-order chi connectivity index (χ1) is 6.41. The maximum atomic E-state index is 9.88. The van der Waals surface area contributed by atoms with Crippen molar-refractivity contribution in [3.63, 3.8) is 0 Å². The van der Waals surface area contributed by atoms with Gasteiger partial charge in [-0.05, 0) is 25.7 Å². The van der Waals surface area contributed by atoms with Gasteiger partial charge < -0.3 is 0 Å². The highest BCUT2D eigenvalue weighted by atomic mass is 16.1. The third-order valence-corrected chi connectivity index (χ3v) is 2.05. The predicted octanol–water partition coefficient (Wildman–Crippen LogP) is 3.79. The van der Waals surface area contributed by atoms with Gasteiger partial charge in [-0.1, -0.05) is 38.3 Å². The van der Waals surface area contributed by atoms with Crippen LogP contribution in [-0.4, -0.2) is 6.29 Å². The van der Waals surface area contributed by atoms with Gasteiger partial charge in [0.1, 0.15) is 0 Å². The molecule has 75 valence electrons. The Hall–Kier alpha value is -0.590. The van der Waals surface area contributed by atoms with Crippen molar-refractivity contribution in [3.8, 4) is 0 Å². The van der Waals surface area contributed by atoms with E-state index in [1.165, 1.54) is 32.1 Å². The number of hydrogen-bond donors (Lipinski definition) is 0. The maximum absolute atomic E-state index is 9.88. The normalized spacial score (nSPS) is 10.8. The van der Waals surface area contributed by atoms with Crippen LogP contribution >= 0.6 is 0 Å². The summed E-state index contributed by atoms with van der Waals surface area (Å²) in [5, 5.41) is 0. The molecule has 0 saturated heterocycles. The molecule has 0 aromatic rings. The first kappa shape index (κ1) is 12.4. The largest absolute Gasteiger partial charge is 0.291 e. The van der Waals surface area contributed by atoms with Crippen LogP contribution in [-0.2, 0) is 4.79 Å². The molecule has 0 rings (SSSR count). The fourth-order valence-corrected chi connectivity index (χ4v) is 1.27. The van der Waals surface area contributed by atoms with Gasteiger partial charge in [0.05, 0.1) is 0 Å². The highest BCUT2D eigenvalue weighted by Crippen LogP contribution is 2.06. The van der Waals surface area contributed by atoms with E-state index >= 15 is 0 Å². The zero-order valence-electron chi connectivity index (χ0n) is 8.72. The molecule has 0 spiro atoms. The second-order valence-corrected chi connectivity index (χ2v) is 3.33. The van der Waals surface area contributed by atoms with E-state index in [1.807, 2.05) is 6.29 Å². The molecule has 0 aromatic heterocycles. The van der Waals surface area contributed by atoms with Crippen molar-refractivity contribution in [2.75, 3.05) is 0 Å². The lowest BCUT2D eigenvalue weighted by Crippen LogP contribution is -1.79. The SMILES string of the molecule is CCC=CCCCCCCC[C]=O. The minimum absolute atomic E-state index is 0.621. The molecule has 1 heteroatoms. The van der Waals surface area contributed by atoms with Gasteiger partial charge in [-0.15, -0.1) is 0 Å². The molecule has 0 aromatic carbocycles. The van der Waals surface area contributed by atoms with Crippen molar-refractivity contribution in [1.29, 1.82) is 0 Å². The topological polar surface area (TPSA) is 17.1 Å². The minimum Gasteiger partial charge on any atom is -0.291 e. The molecule has 0 heterocycles. The van der Waals surface area contributed by atoms with Gasteiger partial charge in [0.15, 0.2) is 6.29 Å². The van der Waals surface area contributed by atoms with Gasteiger partial charge in [-0.2, -0.15) is 0 Å². The van der Waals surface area contributed by atoms with E-state index in [0.717, 1.165) is 12.8 Å². The smallest absolute Gasteiger partial charge is 0.198 e. The minimum atomic E-state index is 0.621. The molecule has 0 N–H and O–H groups in total. The van der Waals surface area contributed by atoms with Gasteiger partial charge in [-0.25, -0.2) is 0 Å². The summed E-state index contributed by atoms with van der Waals surface area (Å²) in [5.74, 6) is 0. The standard InChI is InChI=1S/C12H21O/c1-2-3-4-5-6-7-8-9-10-11-12-13/h3-4H,2,5-11H2,1H3. The highest BCUT2D eigenvalue weighted by molar-refractivity contribution is 5.50. The van der Waals surface area contributed by atoms with Crippen molar-refractivity contribution in [1.82, 2.24) is 0 Å². The Morgan fingerprint density at radius 1 is 1.00 bits per heavy atom. The van der Waals surface area contributed by atoms with Crippen LogP contribution in [0.2, 0.25) is 0 Å². The third kappa shape index (κ3) is 11.4. The Bertz CT molecular complexity index is 127. The average molecular weight is 181 g/mol. The second-order valence-electron chi connectivity index (χ2n) is 3.33. The molecule has 0 unspecified atom stereocenters. The molecule has 0 fully saturated rings. The first-order valence-electron chi connectivity index (χ1n) is 5.41. The quantitative estimate of drug-likeness (QED) is 0.390. The molecule has 0 aliphatic carbocycles. The summed E-state index contributed by atoms with van der Waals surface area (Å²) in [6, 6.07) is 0. The Balaban J connectivity index is 2.91. The Kier molecular flexibility index (Phi) is 10.9. The van der Waals surface area contributed by atoms with Crippen LogP contribution in [0.3, 0.4) is 0 Å². The van der Waals surface area contributed by atoms with Gasteiger partial charge >= 0.3 is 0 Å². The van der Waals surface area contributed by atoms with Crippen LogP contribution < -0.4 is 0 Å². The van der Waals surface area contributed by atoms with Gasteiger partial charge in [0.2, 0.25) is 0 Å². The van der Waals surface area contributed by atoms with E-state index in [-0.39, 0.29) is 0 Å². The van der Waals surface area contributed by atoms with Crippen LogP contribution in [0.1, 0.15) is 58.3 Å². The van der Waals surface area contributed by atoms with E-state index in [9.17, 15) is 4.79 Å². The molecule has 0 aliphatic rings. The van der Waals surface area contributed by atoms with Gasteiger partial charge in [-0.3, -0.25) is 4.79 Å². The van der Waals surface area contributed by atoms with Crippen LogP contribution in [0.25, 0.3) is 0 Å². The molecule has 0 aliphatic heterocycles. The van der Waals surface area contributed by atoms with Gasteiger partial charge in [0, 0.05) is 6.42 Å². The van der Waals surface area contributed by atoms with Crippen LogP contribution in [0.5, 0.6) is 0 Å². The summed E-state index contributed by atoms with van der Waals surface area (Å²) < 4.78 is 0. The summed E-state index contributed by atoms with van der Waals surface area (Å²) in [6.45, 7) is 2.16. The van der Waals surface area contributed by atoms with E-state index in [1.54, 1.807) is 0 Å². The van der Waals surface area contributed by atoms with Crippen LogP contribution in [0, 0.1) is 0 Å². The number of carbonyl (C=O) groups excluding carboxylic acids is 1. The van der Waals surface area contributed by atoms with Crippen LogP contribution in [0.15, 0.2) is 12.2 Å². The summed E-state index contributed by atoms with van der Waals surface area (Å²) in [5.41, 5.74) is 0. The molecule has 1 nitrogen and oxygen atoms in total. The van der Waals surface area contributed by atoms with Crippen LogP contribution in [0.4, 0.5) is 0 Å². The zero-order chi connectivity index (χ0) is 9.78. The van der Waals surface area contributed by atoms with Crippen molar-refractivity contribution < 1.29 is 4.79 Å². The van der Waals surface area contributed by atoms with Gasteiger partial charge in [0.25, 0.3) is 0 Å². The molecular weight excluding hydrogens is 160 g/mol. The Morgan fingerprint density at radius 2 is 1.69 bits per heavy atom. The number of unbranched alkanes of at least 4 members (excludes halogenated alkanes) is 6. The second kappa shape index (κ2) is 11.4. The molecule has 0 amide bonds. The van der Waals surface area contributed by atoms with Crippen molar-refractivity contribution >= 4 is 6.29 Å². The molecular formula is C12H21O. The summed E-state index contributed by atoms with van der Waals surface area (Å²) in [7, 11) is 0. The van der Waals surface area contributed by atoms with Crippen molar-refractivity contribution in [2.24, 2.45) is 0 Å². The fraction of sp³-hybridized carbons (Fsp3) is 0.750. The number of rotatable bonds is 9. The number of allylic oxidation sites excluding steroid dienone is 2. The molecule has 0 bridgehead atoms. The fourth-order valence-electron chi connectivity index (χ4n) is 1.27. The lowest BCUT2D eigenvalue weighted by molar-refractivity contribution is 0.542. The highest BCUT2D eigenvalue weighted by Gasteiger charge is 1.89. The van der Waals surface area contributed by atoms with E-state index in [2.05, 4.69) is 19.1 Å². The summed E-state index contributed by atoms with van der Waals surface area (Å²) >= 11 is 0.